The molecule has 0 fully saturated rings. The van der Waals surface area contributed by atoms with Crippen LogP contribution in [-0.2, 0) is 4.74 Å². The van der Waals surface area contributed by atoms with Crippen LogP contribution < -0.4 is 0 Å². The van der Waals surface area contributed by atoms with E-state index in [0.717, 1.165) is 31.4 Å². The van der Waals surface area contributed by atoms with Gasteiger partial charge in [0.2, 0.25) is 0 Å². The first kappa shape index (κ1) is 13.7. The monoisotopic (exact) mass is 284 g/mol. The van der Waals surface area contributed by atoms with Crippen LogP contribution in [0, 0.1) is 6.92 Å². The van der Waals surface area contributed by atoms with E-state index in [1.165, 1.54) is 11.1 Å². The fraction of sp³-hybridized carbons (Fsp3) is 0.571. The molecule has 0 N–H and O–H groups in total. The van der Waals surface area contributed by atoms with E-state index < -0.39 is 0 Å². The summed E-state index contributed by atoms with van der Waals surface area (Å²) in [4.78, 5) is 0. The van der Waals surface area contributed by atoms with Crippen molar-refractivity contribution in [1.82, 2.24) is 0 Å². The molecule has 0 saturated carbocycles. The van der Waals surface area contributed by atoms with Crippen molar-refractivity contribution in [3.05, 3.63) is 35.4 Å². The molecular formula is C14H21BrO. The number of halogens is 1. The van der Waals surface area contributed by atoms with Crippen molar-refractivity contribution >= 4 is 15.9 Å². The number of ether oxygens (including phenoxy) is 1. The van der Waals surface area contributed by atoms with Crippen LogP contribution in [0.25, 0.3) is 0 Å². The Morgan fingerprint density at radius 1 is 1.31 bits per heavy atom. The summed E-state index contributed by atoms with van der Waals surface area (Å²) in [7, 11) is 0. The Bertz CT molecular complexity index is 299. The average molecular weight is 285 g/mol. The van der Waals surface area contributed by atoms with Gasteiger partial charge in [0.25, 0.3) is 0 Å². The lowest BCUT2D eigenvalue weighted by molar-refractivity contribution is 0.129. The van der Waals surface area contributed by atoms with E-state index in [0.29, 0.717) is 5.92 Å². The van der Waals surface area contributed by atoms with Gasteiger partial charge in [0.05, 0.1) is 0 Å². The molecule has 1 atom stereocenters. The molecule has 0 aliphatic heterocycles. The molecule has 0 radical (unpaired) electrons. The first-order chi connectivity index (χ1) is 7.77. The molecule has 16 heavy (non-hydrogen) atoms. The van der Waals surface area contributed by atoms with Crippen molar-refractivity contribution in [2.24, 2.45) is 0 Å². The highest BCUT2D eigenvalue weighted by Crippen LogP contribution is 2.22. The highest BCUT2D eigenvalue weighted by molar-refractivity contribution is 9.09. The quantitative estimate of drug-likeness (QED) is 0.536. The van der Waals surface area contributed by atoms with E-state index in [9.17, 15) is 0 Å². The normalized spacial score (nSPS) is 12.7. The second kappa shape index (κ2) is 7.86. The Morgan fingerprint density at radius 2 is 2.12 bits per heavy atom. The van der Waals surface area contributed by atoms with Gasteiger partial charge in [-0.2, -0.15) is 0 Å². The molecule has 0 heterocycles. The first-order valence-electron chi connectivity index (χ1n) is 5.98. The summed E-state index contributed by atoms with van der Waals surface area (Å²) in [5.74, 6) is 0.566. The van der Waals surface area contributed by atoms with E-state index in [4.69, 9.17) is 4.74 Å². The van der Waals surface area contributed by atoms with Gasteiger partial charge in [0, 0.05) is 18.5 Å². The van der Waals surface area contributed by atoms with Crippen molar-refractivity contribution < 1.29 is 4.74 Å². The fourth-order valence-electron chi connectivity index (χ4n) is 1.73. The van der Waals surface area contributed by atoms with Crippen LogP contribution in [0.3, 0.4) is 0 Å². The Balaban J connectivity index is 2.47. The van der Waals surface area contributed by atoms with Crippen molar-refractivity contribution in [1.29, 1.82) is 0 Å². The lowest BCUT2D eigenvalue weighted by Crippen LogP contribution is -2.06. The molecular weight excluding hydrogens is 264 g/mol. The zero-order valence-corrected chi connectivity index (χ0v) is 11.8. The van der Waals surface area contributed by atoms with Crippen molar-refractivity contribution in [2.75, 3.05) is 18.5 Å². The Morgan fingerprint density at radius 3 is 2.75 bits per heavy atom. The molecule has 0 bridgehead atoms. The van der Waals surface area contributed by atoms with Crippen LogP contribution in [0.15, 0.2) is 24.3 Å². The molecule has 0 amide bonds. The third-order valence-corrected chi connectivity index (χ3v) is 3.44. The van der Waals surface area contributed by atoms with Gasteiger partial charge in [-0.15, -0.1) is 0 Å². The molecule has 1 nitrogen and oxygen atoms in total. The Kier molecular flexibility index (Phi) is 6.74. The number of aryl methyl sites for hydroxylation is 1. The van der Waals surface area contributed by atoms with Crippen LogP contribution in [-0.4, -0.2) is 18.5 Å². The highest BCUT2D eigenvalue weighted by atomic mass is 79.9. The van der Waals surface area contributed by atoms with E-state index >= 15 is 0 Å². The van der Waals surface area contributed by atoms with Gasteiger partial charge in [-0.1, -0.05) is 52.7 Å². The predicted molar refractivity (Wildman–Crippen MR) is 73.4 cm³/mol. The number of alkyl halides is 1. The van der Waals surface area contributed by atoms with Crippen LogP contribution in [0.2, 0.25) is 0 Å². The molecule has 2 heteroatoms. The maximum atomic E-state index is 5.55. The zero-order valence-electron chi connectivity index (χ0n) is 10.2. The Labute approximate surface area is 107 Å². The summed E-state index contributed by atoms with van der Waals surface area (Å²) in [5, 5.41) is 1.01. The standard InChI is InChI=1S/C14H21BrO/c1-3-8-16-9-7-14(11-15)13-6-4-5-12(2)10-13/h4-6,10,14H,3,7-9,11H2,1-2H3. The molecule has 0 spiro atoms. The van der Waals surface area contributed by atoms with Gasteiger partial charge in [-0.05, 0) is 31.2 Å². The van der Waals surface area contributed by atoms with Crippen LogP contribution in [0.5, 0.6) is 0 Å². The summed E-state index contributed by atoms with van der Waals surface area (Å²) in [6.45, 7) is 6.02. The predicted octanol–water partition coefficient (Wildman–Crippen LogP) is 4.29. The molecule has 0 aromatic heterocycles. The van der Waals surface area contributed by atoms with Gasteiger partial charge >= 0.3 is 0 Å². The molecule has 0 saturated heterocycles. The maximum Gasteiger partial charge on any atom is 0.0472 e. The minimum Gasteiger partial charge on any atom is -0.381 e. The van der Waals surface area contributed by atoms with Gasteiger partial charge in [-0.3, -0.25) is 0 Å². The van der Waals surface area contributed by atoms with Crippen molar-refractivity contribution in [3.8, 4) is 0 Å². The molecule has 1 rings (SSSR count). The second-order valence-electron chi connectivity index (χ2n) is 4.17. The van der Waals surface area contributed by atoms with Gasteiger partial charge in [0.1, 0.15) is 0 Å². The molecule has 0 aliphatic rings. The summed E-state index contributed by atoms with van der Waals surface area (Å²) in [6, 6.07) is 8.75. The first-order valence-corrected chi connectivity index (χ1v) is 7.10. The second-order valence-corrected chi connectivity index (χ2v) is 4.81. The lowest BCUT2D eigenvalue weighted by atomic mass is 9.97. The van der Waals surface area contributed by atoms with Crippen LogP contribution in [0.4, 0.5) is 0 Å². The highest BCUT2D eigenvalue weighted by Gasteiger charge is 2.09. The molecule has 1 unspecified atom stereocenters. The molecule has 90 valence electrons. The van der Waals surface area contributed by atoms with Crippen LogP contribution in [0.1, 0.15) is 36.8 Å². The molecule has 0 aliphatic carbocycles. The van der Waals surface area contributed by atoms with Crippen molar-refractivity contribution in [3.63, 3.8) is 0 Å². The summed E-state index contributed by atoms with van der Waals surface area (Å²) < 4.78 is 5.55. The average Bonchev–Trinajstić information content (AvgIpc) is 2.29. The summed E-state index contributed by atoms with van der Waals surface area (Å²) >= 11 is 3.59. The van der Waals surface area contributed by atoms with E-state index in [-0.39, 0.29) is 0 Å². The topological polar surface area (TPSA) is 9.23 Å². The summed E-state index contributed by atoms with van der Waals surface area (Å²) in [6.07, 6.45) is 2.19. The van der Waals surface area contributed by atoms with E-state index in [1.807, 2.05) is 0 Å². The minimum atomic E-state index is 0.566. The zero-order chi connectivity index (χ0) is 11.8. The number of hydrogen-bond donors (Lipinski definition) is 0. The molecule has 1 aromatic carbocycles. The minimum absolute atomic E-state index is 0.566. The smallest absolute Gasteiger partial charge is 0.0472 e. The third-order valence-electron chi connectivity index (χ3n) is 2.66. The molecule has 1 aromatic rings. The SMILES string of the molecule is CCCOCCC(CBr)c1cccc(C)c1. The number of rotatable bonds is 7. The summed E-state index contributed by atoms with van der Waals surface area (Å²) in [5.41, 5.74) is 2.75. The lowest BCUT2D eigenvalue weighted by Gasteiger charge is -2.15. The van der Waals surface area contributed by atoms with E-state index in [1.54, 1.807) is 0 Å². The van der Waals surface area contributed by atoms with Crippen LogP contribution >= 0.6 is 15.9 Å². The van der Waals surface area contributed by atoms with Gasteiger partial charge < -0.3 is 4.74 Å². The number of benzene rings is 1. The fourth-order valence-corrected chi connectivity index (χ4v) is 2.43. The number of hydrogen-bond acceptors (Lipinski definition) is 1. The third kappa shape index (κ3) is 4.67. The van der Waals surface area contributed by atoms with Crippen molar-refractivity contribution in [2.45, 2.75) is 32.6 Å². The Hall–Kier alpha value is -0.340. The van der Waals surface area contributed by atoms with Gasteiger partial charge in [0.15, 0.2) is 0 Å². The van der Waals surface area contributed by atoms with E-state index in [2.05, 4.69) is 54.0 Å². The maximum absolute atomic E-state index is 5.55. The van der Waals surface area contributed by atoms with Gasteiger partial charge in [-0.25, -0.2) is 0 Å². The largest absolute Gasteiger partial charge is 0.381 e.